The second-order valence-electron chi connectivity index (χ2n) is 10.9. The molecule has 0 amide bonds. The lowest BCUT2D eigenvalue weighted by molar-refractivity contribution is 1.14. The van der Waals surface area contributed by atoms with Crippen LogP contribution >= 0.6 is 0 Å². The van der Waals surface area contributed by atoms with Crippen molar-refractivity contribution in [1.82, 2.24) is 0 Å². The van der Waals surface area contributed by atoms with Gasteiger partial charge in [-0.15, -0.1) is 0 Å². The van der Waals surface area contributed by atoms with Crippen molar-refractivity contribution in [2.75, 3.05) is 0 Å². The Balaban J connectivity index is 1.13. The molecule has 6 aromatic rings. The van der Waals surface area contributed by atoms with Crippen LogP contribution in [0.4, 0.5) is 0 Å². The number of aryl methyl sites for hydroxylation is 2. The normalized spacial score (nSPS) is 12.0. The molecule has 0 unspecified atom stereocenters. The number of benzene rings is 6. The van der Waals surface area contributed by atoms with Gasteiger partial charge in [0, 0.05) is 0 Å². The molecule has 0 spiro atoms. The molecule has 0 saturated carbocycles. The molecule has 0 bridgehead atoms. The summed E-state index contributed by atoms with van der Waals surface area (Å²) in [6, 6.07) is 44.3. The highest BCUT2D eigenvalue weighted by atomic mass is 14.0. The minimum atomic E-state index is 1.07. The van der Waals surface area contributed by atoms with E-state index in [0.717, 1.165) is 12.8 Å². The zero-order valence-electron chi connectivity index (χ0n) is 24.4. The second kappa shape index (κ2) is 12.7. The van der Waals surface area contributed by atoms with Crippen LogP contribution in [0, 0.1) is 0 Å². The minimum Gasteiger partial charge on any atom is -0.0613 e. The van der Waals surface area contributed by atoms with Gasteiger partial charge in [0.2, 0.25) is 0 Å². The first-order chi connectivity index (χ1) is 20.6. The average molecular weight is 541 g/mol. The van der Waals surface area contributed by atoms with Crippen molar-refractivity contribution in [2.24, 2.45) is 0 Å². The molecule has 0 aliphatic heterocycles. The van der Waals surface area contributed by atoms with Crippen molar-refractivity contribution in [3.05, 3.63) is 166 Å². The first-order valence-electron chi connectivity index (χ1n) is 14.9. The van der Waals surface area contributed by atoms with E-state index in [0.29, 0.717) is 0 Å². The zero-order valence-corrected chi connectivity index (χ0v) is 24.4. The Kier molecular flexibility index (Phi) is 8.24. The van der Waals surface area contributed by atoms with Gasteiger partial charge in [0.25, 0.3) is 0 Å². The van der Waals surface area contributed by atoms with Gasteiger partial charge in [-0.3, -0.25) is 0 Å². The van der Waals surface area contributed by atoms with E-state index < -0.39 is 0 Å². The molecular formula is C42H36. The quantitative estimate of drug-likeness (QED) is 0.168. The molecule has 0 N–H and O–H groups in total. The molecule has 0 saturated heterocycles. The van der Waals surface area contributed by atoms with Crippen molar-refractivity contribution in [3.63, 3.8) is 0 Å². The fourth-order valence-corrected chi connectivity index (χ4v) is 5.29. The summed E-state index contributed by atoms with van der Waals surface area (Å²) in [6.45, 7) is 4.37. The molecule has 0 atom stereocenters. The van der Waals surface area contributed by atoms with Crippen molar-refractivity contribution >= 4 is 58.0 Å². The van der Waals surface area contributed by atoms with E-state index in [4.69, 9.17) is 0 Å². The van der Waals surface area contributed by atoms with Crippen LogP contribution < -0.4 is 0 Å². The fraction of sp³-hybridized carbons (Fsp3) is 0.0952. The summed E-state index contributed by atoms with van der Waals surface area (Å²) in [4.78, 5) is 0. The van der Waals surface area contributed by atoms with Crippen molar-refractivity contribution in [1.29, 1.82) is 0 Å². The summed E-state index contributed by atoms with van der Waals surface area (Å²) in [7, 11) is 0. The Hall–Kier alpha value is -4.94. The van der Waals surface area contributed by atoms with E-state index in [1.165, 1.54) is 66.1 Å². The molecule has 0 aliphatic rings. The largest absolute Gasteiger partial charge is 0.0613 e. The van der Waals surface area contributed by atoms with Crippen LogP contribution in [0.5, 0.6) is 0 Å². The molecular weight excluding hydrogens is 504 g/mol. The molecule has 42 heavy (non-hydrogen) atoms. The molecule has 0 fully saturated rings. The summed E-state index contributed by atoms with van der Waals surface area (Å²) in [6.07, 6.45) is 15.3. The van der Waals surface area contributed by atoms with E-state index in [2.05, 4.69) is 172 Å². The molecule has 0 aliphatic carbocycles. The van der Waals surface area contributed by atoms with Gasteiger partial charge in [0.15, 0.2) is 0 Å². The summed E-state index contributed by atoms with van der Waals surface area (Å²) < 4.78 is 0. The zero-order chi connectivity index (χ0) is 28.7. The lowest BCUT2D eigenvalue weighted by Gasteiger charge is -2.04. The van der Waals surface area contributed by atoms with Gasteiger partial charge in [-0.05, 0) is 103 Å². The topological polar surface area (TPSA) is 0 Å². The van der Waals surface area contributed by atoms with Gasteiger partial charge in [0.05, 0.1) is 0 Å². The molecule has 6 aromatic carbocycles. The summed E-state index contributed by atoms with van der Waals surface area (Å²) in [5.74, 6) is 0. The van der Waals surface area contributed by atoms with Crippen LogP contribution in [0.25, 0.3) is 58.0 Å². The second-order valence-corrected chi connectivity index (χ2v) is 10.9. The maximum atomic E-state index is 2.26. The van der Waals surface area contributed by atoms with E-state index in [-0.39, 0.29) is 0 Å². The summed E-state index contributed by atoms with van der Waals surface area (Å²) in [5.41, 5.74) is 10.0. The molecule has 0 radical (unpaired) electrons. The summed E-state index contributed by atoms with van der Waals surface area (Å²) >= 11 is 0. The van der Waals surface area contributed by atoms with Gasteiger partial charge in [-0.2, -0.15) is 0 Å². The molecule has 0 heterocycles. The van der Waals surface area contributed by atoms with E-state index >= 15 is 0 Å². The molecule has 204 valence electrons. The Bertz CT molecular complexity index is 1770. The third-order valence-corrected chi connectivity index (χ3v) is 7.96. The third-order valence-electron chi connectivity index (χ3n) is 7.96. The highest BCUT2D eigenvalue weighted by Gasteiger charge is 1.99. The number of hydrogen-bond acceptors (Lipinski definition) is 0. The lowest BCUT2D eigenvalue weighted by atomic mass is 10.0. The van der Waals surface area contributed by atoms with Crippen LogP contribution in [0.15, 0.2) is 121 Å². The lowest BCUT2D eigenvalue weighted by Crippen LogP contribution is -1.81. The highest BCUT2D eigenvalue weighted by molar-refractivity contribution is 5.91. The average Bonchev–Trinajstić information content (AvgIpc) is 3.05. The predicted octanol–water partition coefficient (Wildman–Crippen LogP) is 11.6. The molecule has 0 nitrogen and oxygen atoms in total. The fourth-order valence-electron chi connectivity index (χ4n) is 5.29. The Morgan fingerprint density at radius 3 is 0.810 bits per heavy atom. The number of fused-ring (bicyclic) bond motifs is 2. The predicted molar refractivity (Wildman–Crippen MR) is 186 cm³/mol. The molecule has 0 aromatic heterocycles. The Morgan fingerprint density at radius 1 is 0.310 bits per heavy atom. The maximum Gasteiger partial charge on any atom is -0.0178 e. The highest BCUT2D eigenvalue weighted by Crippen LogP contribution is 2.23. The molecule has 0 heteroatoms. The van der Waals surface area contributed by atoms with Crippen LogP contribution in [0.3, 0.4) is 0 Å². The van der Waals surface area contributed by atoms with Crippen LogP contribution in [0.2, 0.25) is 0 Å². The summed E-state index contributed by atoms with van der Waals surface area (Å²) in [5, 5.41) is 5.01. The van der Waals surface area contributed by atoms with Gasteiger partial charge in [-0.25, -0.2) is 0 Å². The number of hydrogen-bond donors (Lipinski definition) is 0. The van der Waals surface area contributed by atoms with Crippen LogP contribution in [-0.4, -0.2) is 0 Å². The smallest absolute Gasteiger partial charge is 0.0178 e. The van der Waals surface area contributed by atoms with Gasteiger partial charge in [-0.1, -0.05) is 147 Å². The van der Waals surface area contributed by atoms with Crippen LogP contribution in [0.1, 0.15) is 58.4 Å². The van der Waals surface area contributed by atoms with Crippen molar-refractivity contribution in [2.45, 2.75) is 26.7 Å². The van der Waals surface area contributed by atoms with E-state index in [1.54, 1.807) is 0 Å². The first kappa shape index (κ1) is 27.2. The van der Waals surface area contributed by atoms with Gasteiger partial charge >= 0.3 is 0 Å². The van der Waals surface area contributed by atoms with Crippen molar-refractivity contribution in [3.8, 4) is 0 Å². The van der Waals surface area contributed by atoms with Gasteiger partial charge in [0.1, 0.15) is 0 Å². The SMILES string of the molecule is CCc1ccc(/C=C/c2ccc3cc(/C=C/c4ccc5cc(/C=C/c6ccc(CC)cc6)ccc5c4)ccc3c2)cc1. The third kappa shape index (κ3) is 6.67. The standard InChI is InChI=1S/C42H36/c1-3-31-5-9-33(10-6-31)13-15-35-19-23-41-29-37(21-25-39(41)27-35)17-18-38-22-26-40-28-36(20-24-42(40)30-38)16-14-34-11-7-32(4-2)8-12-34/h5-30H,3-4H2,1-2H3/b15-13+,16-14+,18-17+. The first-order valence-corrected chi connectivity index (χ1v) is 14.9. The van der Waals surface area contributed by atoms with Crippen molar-refractivity contribution < 1.29 is 0 Å². The minimum absolute atomic E-state index is 1.07. The Labute approximate surface area is 250 Å². The van der Waals surface area contributed by atoms with Gasteiger partial charge < -0.3 is 0 Å². The monoisotopic (exact) mass is 540 g/mol. The molecule has 6 rings (SSSR count). The number of rotatable bonds is 8. The van der Waals surface area contributed by atoms with E-state index in [1.807, 2.05) is 0 Å². The van der Waals surface area contributed by atoms with E-state index in [9.17, 15) is 0 Å². The van der Waals surface area contributed by atoms with Crippen LogP contribution in [-0.2, 0) is 12.8 Å². The Morgan fingerprint density at radius 2 is 0.548 bits per heavy atom. The maximum absolute atomic E-state index is 2.26.